The number of rotatable bonds is 6. The fourth-order valence-electron chi connectivity index (χ4n) is 1.39. The lowest BCUT2D eigenvalue weighted by Gasteiger charge is -2.15. The predicted octanol–water partition coefficient (Wildman–Crippen LogP) is 0.281. The molecule has 1 aromatic rings. The Labute approximate surface area is 121 Å². The molecule has 0 aliphatic heterocycles. The molecule has 0 radical (unpaired) electrons. The van der Waals surface area contributed by atoms with E-state index in [1.807, 2.05) is 4.72 Å². The van der Waals surface area contributed by atoms with Crippen molar-refractivity contribution < 1.29 is 27.5 Å². The van der Waals surface area contributed by atoms with Crippen molar-refractivity contribution in [2.75, 3.05) is 20.1 Å². The van der Waals surface area contributed by atoms with E-state index in [9.17, 15) is 22.4 Å². The first kappa shape index (κ1) is 17.1. The Hall–Kier alpha value is -2.00. The van der Waals surface area contributed by atoms with Crippen LogP contribution in [-0.4, -0.2) is 50.4 Å². The number of nitrogens with one attached hydrogen (secondary N) is 1. The molecule has 2 N–H and O–H groups in total. The number of amides is 1. The molecule has 21 heavy (non-hydrogen) atoms. The smallest absolute Gasteiger partial charge is 0.338 e. The van der Waals surface area contributed by atoms with E-state index in [-0.39, 0.29) is 0 Å². The standard InChI is InChI=1S/C12H15FN2O5S/c1-3-15(2)11(16)7-14-21(19,20)8-4-5-10(13)9(6-8)12(17)18/h4-6,14H,3,7H2,1-2H3,(H,17,18). The Balaban J connectivity index is 2.96. The van der Waals surface area contributed by atoms with Crippen LogP contribution in [0.3, 0.4) is 0 Å². The van der Waals surface area contributed by atoms with Crippen LogP contribution in [0.4, 0.5) is 4.39 Å². The van der Waals surface area contributed by atoms with E-state index in [1.165, 1.54) is 11.9 Å². The molecular weight excluding hydrogens is 303 g/mol. The van der Waals surface area contributed by atoms with Crippen molar-refractivity contribution in [3.63, 3.8) is 0 Å². The minimum Gasteiger partial charge on any atom is -0.478 e. The van der Waals surface area contributed by atoms with Gasteiger partial charge in [0.25, 0.3) is 0 Å². The number of likely N-dealkylation sites (N-methyl/N-ethyl adjacent to an activating group) is 1. The Bertz CT molecular complexity index is 660. The topological polar surface area (TPSA) is 104 Å². The number of aromatic carboxylic acids is 1. The predicted molar refractivity (Wildman–Crippen MR) is 71.9 cm³/mol. The summed E-state index contributed by atoms with van der Waals surface area (Å²) < 4.78 is 39.1. The molecule has 7 nitrogen and oxygen atoms in total. The van der Waals surface area contributed by atoms with Crippen LogP contribution in [0.15, 0.2) is 23.1 Å². The Kier molecular flexibility index (Phi) is 5.39. The van der Waals surface area contributed by atoms with Gasteiger partial charge in [-0.05, 0) is 25.1 Å². The number of carbonyl (C=O) groups is 2. The van der Waals surface area contributed by atoms with Crippen molar-refractivity contribution in [1.29, 1.82) is 0 Å². The molecule has 0 spiro atoms. The lowest BCUT2D eigenvalue weighted by Crippen LogP contribution is -2.38. The highest BCUT2D eigenvalue weighted by Gasteiger charge is 2.20. The zero-order chi connectivity index (χ0) is 16.2. The largest absolute Gasteiger partial charge is 0.478 e. The van der Waals surface area contributed by atoms with E-state index in [1.54, 1.807) is 6.92 Å². The van der Waals surface area contributed by atoms with E-state index in [2.05, 4.69) is 0 Å². The first-order chi connectivity index (χ1) is 9.69. The van der Waals surface area contributed by atoms with Crippen LogP contribution in [0.5, 0.6) is 0 Å². The molecule has 0 heterocycles. The molecule has 0 aliphatic carbocycles. The van der Waals surface area contributed by atoms with E-state index in [0.717, 1.165) is 12.1 Å². The van der Waals surface area contributed by atoms with E-state index < -0.39 is 44.7 Å². The normalized spacial score (nSPS) is 11.2. The quantitative estimate of drug-likeness (QED) is 0.784. The van der Waals surface area contributed by atoms with Gasteiger partial charge in [0.05, 0.1) is 17.0 Å². The highest BCUT2D eigenvalue weighted by Crippen LogP contribution is 2.15. The van der Waals surface area contributed by atoms with Crippen molar-refractivity contribution in [3.05, 3.63) is 29.6 Å². The van der Waals surface area contributed by atoms with Crippen LogP contribution in [0, 0.1) is 5.82 Å². The lowest BCUT2D eigenvalue weighted by atomic mass is 10.2. The summed E-state index contributed by atoms with van der Waals surface area (Å²) in [4.78, 5) is 23.2. The van der Waals surface area contributed by atoms with Crippen LogP contribution >= 0.6 is 0 Å². The summed E-state index contributed by atoms with van der Waals surface area (Å²) in [7, 11) is -2.59. The van der Waals surface area contributed by atoms with Crippen LogP contribution in [-0.2, 0) is 14.8 Å². The third-order valence-electron chi connectivity index (χ3n) is 2.79. The third-order valence-corrected chi connectivity index (χ3v) is 4.19. The molecular formula is C12H15FN2O5S. The van der Waals surface area contributed by atoms with Gasteiger partial charge in [0.15, 0.2) is 0 Å². The van der Waals surface area contributed by atoms with Gasteiger partial charge >= 0.3 is 5.97 Å². The maximum atomic E-state index is 13.2. The number of hydrogen-bond donors (Lipinski definition) is 2. The Morgan fingerprint density at radius 1 is 1.38 bits per heavy atom. The minimum absolute atomic E-state index is 0.417. The molecule has 0 aromatic heterocycles. The first-order valence-electron chi connectivity index (χ1n) is 5.95. The number of sulfonamides is 1. The molecule has 0 atom stereocenters. The molecule has 0 saturated carbocycles. The number of nitrogens with zero attached hydrogens (tertiary/aromatic N) is 1. The summed E-state index contributed by atoms with van der Waals surface area (Å²) in [5, 5.41) is 8.76. The van der Waals surface area contributed by atoms with Crippen molar-refractivity contribution in [2.45, 2.75) is 11.8 Å². The number of carboxylic acids is 1. The summed E-state index contributed by atoms with van der Waals surface area (Å²) in [6.45, 7) is 1.68. The van der Waals surface area contributed by atoms with Gasteiger partial charge in [0.2, 0.25) is 15.9 Å². The molecule has 9 heteroatoms. The average molecular weight is 318 g/mol. The average Bonchev–Trinajstić information content (AvgIpc) is 2.43. The minimum atomic E-state index is -4.10. The first-order valence-corrected chi connectivity index (χ1v) is 7.43. The number of halogens is 1. The van der Waals surface area contributed by atoms with Crippen molar-refractivity contribution >= 4 is 21.9 Å². The third kappa shape index (κ3) is 4.23. The number of benzene rings is 1. The zero-order valence-electron chi connectivity index (χ0n) is 11.5. The van der Waals surface area contributed by atoms with E-state index in [0.29, 0.717) is 12.6 Å². The highest BCUT2D eigenvalue weighted by molar-refractivity contribution is 7.89. The van der Waals surface area contributed by atoms with Crippen molar-refractivity contribution in [3.8, 4) is 0 Å². The molecule has 1 aromatic carbocycles. The molecule has 0 aliphatic rings. The van der Waals surface area contributed by atoms with E-state index in [4.69, 9.17) is 5.11 Å². The number of carboxylic acid groups (broad SMARTS) is 1. The number of carbonyl (C=O) groups excluding carboxylic acids is 1. The zero-order valence-corrected chi connectivity index (χ0v) is 12.3. The fourth-order valence-corrected chi connectivity index (χ4v) is 2.39. The SMILES string of the molecule is CCN(C)C(=O)CNS(=O)(=O)c1ccc(F)c(C(=O)O)c1. The van der Waals surface area contributed by atoms with Crippen LogP contribution in [0.25, 0.3) is 0 Å². The summed E-state index contributed by atoms with van der Waals surface area (Å²) in [5.41, 5.74) is -0.755. The van der Waals surface area contributed by atoms with Crippen LogP contribution < -0.4 is 4.72 Å². The van der Waals surface area contributed by atoms with Gasteiger partial charge in [-0.25, -0.2) is 22.3 Å². The van der Waals surface area contributed by atoms with Gasteiger partial charge in [-0.15, -0.1) is 0 Å². The van der Waals surface area contributed by atoms with Crippen molar-refractivity contribution in [1.82, 2.24) is 9.62 Å². The second-order valence-corrected chi connectivity index (χ2v) is 5.95. The van der Waals surface area contributed by atoms with Gasteiger partial charge in [-0.3, -0.25) is 4.79 Å². The maximum Gasteiger partial charge on any atom is 0.338 e. The second kappa shape index (κ2) is 6.64. The second-order valence-electron chi connectivity index (χ2n) is 4.18. The highest BCUT2D eigenvalue weighted by atomic mass is 32.2. The summed E-state index contributed by atoms with van der Waals surface area (Å²) in [5.74, 6) is -3.06. The summed E-state index contributed by atoms with van der Waals surface area (Å²) >= 11 is 0. The lowest BCUT2D eigenvalue weighted by molar-refractivity contribution is -0.128. The number of hydrogen-bond acceptors (Lipinski definition) is 4. The Morgan fingerprint density at radius 2 is 2.00 bits per heavy atom. The van der Waals surface area contributed by atoms with Gasteiger partial charge < -0.3 is 10.0 Å². The molecule has 0 unspecified atom stereocenters. The Morgan fingerprint density at radius 3 is 2.52 bits per heavy atom. The van der Waals surface area contributed by atoms with Gasteiger partial charge in [-0.2, -0.15) is 0 Å². The fraction of sp³-hybridized carbons (Fsp3) is 0.333. The molecule has 0 saturated heterocycles. The van der Waals surface area contributed by atoms with Crippen molar-refractivity contribution in [2.24, 2.45) is 0 Å². The maximum absolute atomic E-state index is 13.2. The van der Waals surface area contributed by atoms with Gasteiger partial charge in [0.1, 0.15) is 5.82 Å². The molecule has 1 rings (SSSR count). The molecule has 0 bridgehead atoms. The van der Waals surface area contributed by atoms with Gasteiger partial charge in [-0.1, -0.05) is 0 Å². The monoisotopic (exact) mass is 318 g/mol. The van der Waals surface area contributed by atoms with Crippen LogP contribution in [0.2, 0.25) is 0 Å². The molecule has 0 fully saturated rings. The molecule has 1 amide bonds. The van der Waals surface area contributed by atoms with Gasteiger partial charge in [0, 0.05) is 13.6 Å². The molecule has 116 valence electrons. The van der Waals surface area contributed by atoms with E-state index >= 15 is 0 Å². The van der Waals surface area contributed by atoms with Crippen LogP contribution in [0.1, 0.15) is 17.3 Å². The summed E-state index contributed by atoms with van der Waals surface area (Å²) in [6, 6.07) is 2.38. The summed E-state index contributed by atoms with van der Waals surface area (Å²) in [6.07, 6.45) is 0.